The molecule has 0 N–H and O–H groups in total. The fourth-order valence-corrected chi connectivity index (χ4v) is 2.88. The first-order chi connectivity index (χ1) is 13.3. The van der Waals surface area contributed by atoms with Crippen LogP contribution in [0.15, 0.2) is 65.7 Å². The lowest BCUT2D eigenvalue weighted by atomic mass is 10.2. The van der Waals surface area contributed by atoms with Crippen molar-refractivity contribution in [2.24, 2.45) is 4.99 Å². The Labute approximate surface area is 163 Å². The summed E-state index contributed by atoms with van der Waals surface area (Å²) in [6.07, 6.45) is 3.69. The number of hydrogen-bond donors (Lipinski definition) is 0. The van der Waals surface area contributed by atoms with Crippen molar-refractivity contribution in [3.8, 4) is 0 Å². The predicted molar refractivity (Wildman–Crippen MR) is 112 cm³/mol. The second-order valence-electron chi connectivity index (χ2n) is 6.38. The first-order valence-corrected chi connectivity index (χ1v) is 9.86. The summed E-state index contributed by atoms with van der Waals surface area (Å²) in [6, 6.07) is 21.0. The molecule has 27 heavy (non-hydrogen) atoms. The molecule has 0 unspecified atom stereocenters. The molecular weight excluding hydrogens is 336 g/mol. The van der Waals surface area contributed by atoms with E-state index in [0.29, 0.717) is 13.2 Å². The van der Waals surface area contributed by atoms with Gasteiger partial charge >= 0.3 is 0 Å². The van der Waals surface area contributed by atoms with Crippen LogP contribution >= 0.6 is 0 Å². The molecule has 2 aromatic carbocycles. The molecule has 0 fully saturated rings. The molecule has 0 aliphatic rings. The average Bonchev–Trinajstić information content (AvgIpc) is 2.69. The Kier molecular flexibility index (Phi) is 10.2. The Hall–Kier alpha value is -2.17. The van der Waals surface area contributed by atoms with Crippen molar-refractivity contribution in [2.75, 3.05) is 19.8 Å². The van der Waals surface area contributed by atoms with Crippen LogP contribution in [0.2, 0.25) is 0 Å². The Morgan fingerprint density at radius 1 is 0.852 bits per heavy atom. The van der Waals surface area contributed by atoms with Crippen LogP contribution < -0.4 is 0 Å². The lowest BCUT2D eigenvalue weighted by molar-refractivity contribution is -0.139. The van der Waals surface area contributed by atoms with Gasteiger partial charge in [-0.15, -0.1) is 0 Å². The van der Waals surface area contributed by atoms with Crippen molar-refractivity contribution < 1.29 is 9.47 Å². The monoisotopic (exact) mass is 368 g/mol. The van der Waals surface area contributed by atoms with E-state index in [-0.39, 0.29) is 6.29 Å². The maximum Gasteiger partial charge on any atom is 0.157 e. The first kappa shape index (κ1) is 21.1. The van der Waals surface area contributed by atoms with Gasteiger partial charge in [-0.2, -0.15) is 0 Å². The van der Waals surface area contributed by atoms with Crippen LogP contribution in [0.1, 0.15) is 37.8 Å². The maximum absolute atomic E-state index is 5.58. The molecule has 0 saturated carbocycles. The van der Waals surface area contributed by atoms with Crippen molar-refractivity contribution in [1.29, 1.82) is 0 Å². The smallest absolute Gasteiger partial charge is 0.157 e. The summed E-state index contributed by atoms with van der Waals surface area (Å²) < 4.78 is 11.2. The highest BCUT2D eigenvalue weighted by atomic mass is 16.7. The highest BCUT2D eigenvalue weighted by molar-refractivity contribution is 5.55. The molecule has 0 aromatic heterocycles. The van der Waals surface area contributed by atoms with Crippen molar-refractivity contribution in [3.05, 3.63) is 71.8 Å². The number of rotatable bonds is 13. The Bertz CT molecular complexity index is 584. The SMILES string of the molecule is CCOC(CCCN=CN(Cc1ccccc1)Cc1ccccc1)OCC. The average molecular weight is 369 g/mol. The quantitative estimate of drug-likeness (QED) is 0.218. The lowest BCUT2D eigenvalue weighted by Gasteiger charge is -2.20. The molecule has 2 rings (SSSR count). The van der Waals surface area contributed by atoms with Crippen molar-refractivity contribution in [1.82, 2.24) is 4.90 Å². The van der Waals surface area contributed by atoms with E-state index in [9.17, 15) is 0 Å². The number of ether oxygens (including phenoxy) is 2. The van der Waals surface area contributed by atoms with Gasteiger partial charge in [-0.1, -0.05) is 60.7 Å². The molecule has 0 atom stereocenters. The summed E-state index contributed by atoms with van der Waals surface area (Å²) in [5, 5.41) is 0. The van der Waals surface area contributed by atoms with Gasteiger partial charge in [0, 0.05) is 39.3 Å². The summed E-state index contributed by atoms with van der Waals surface area (Å²) >= 11 is 0. The fraction of sp³-hybridized carbons (Fsp3) is 0.435. The number of nitrogens with zero attached hydrogens (tertiary/aromatic N) is 2. The molecule has 0 spiro atoms. The Morgan fingerprint density at radius 3 is 1.85 bits per heavy atom. The second-order valence-corrected chi connectivity index (χ2v) is 6.38. The molecule has 0 aliphatic heterocycles. The Balaban J connectivity index is 1.87. The molecule has 0 bridgehead atoms. The molecular formula is C23H32N2O2. The molecule has 4 nitrogen and oxygen atoms in total. The summed E-state index contributed by atoms with van der Waals surface area (Å²) in [7, 11) is 0. The third-order valence-electron chi connectivity index (χ3n) is 4.13. The van der Waals surface area contributed by atoms with E-state index < -0.39 is 0 Å². The maximum atomic E-state index is 5.58. The van der Waals surface area contributed by atoms with Gasteiger partial charge < -0.3 is 14.4 Å². The van der Waals surface area contributed by atoms with Gasteiger partial charge in [0.25, 0.3) is 0 Å². The minimum atomic E-state index is -0.111. The largest absolute Gasteiger partial charge is 0.354 e. The van der Waals surface area contributed by atoms with Crippen LogP contribution in [-0.4, -0.2) is 37.3 Å². The van der Waals surface area contributed by atoms with Gasteiger partial charge in [0.1, 0.15) is 0 Å². The molecule has 0 amide bonds. The first-order valence-electron chi connectivity index (χ1n) is 9.86. The molecule has 2 aromatic rings. The predicted octanol–water partition coefficient (Wildman–Crippen LogP) is 4.90. The molecule has 0 radical (unpaired) electrons. The summed E-state index contributed by atoms with van der Waals surface area (Å²) in [5.41, 5.74) is 2.57. The van der Waals surface area contributed by atoms with Gasteiger partial charge in [0.15, 0.2) is 6.29 Å². The minimum absolute atomic E-state index is 0.111. The minimum Gasteiger partial charge on any atom is -0.354 e. The number of benzene rings is 2. The van der Waals surface area contributed by atoms with Gasteiger partial charge in [0.2, 0.25) is 0 Å². The van der Waals surface area contributed by atoms with Crippen molar-refractivity contribution >= 4 is 6.34 Å². The second kappa shape index (κ2) is 13.1. The zero-order valence-electron chi connectivity index (χ0n) is 16.6. The van der Waals surface area contributed by atoms with E-state index in [2.05, 4.69) is 58.4 Å². The highest BCUT2D eigenvalue weighted by Crippen LogP contribution is 2.09. The molecule has 4 heteroatoms. The van der Waals surface area contributed by atoms with Crippen LogP contribution in [-0.2, 0) is 22.6 Å². The van der Waals surface area contributed by atoms with Crippen LogP contribution in [0.5, 0.6) is 0 Å². The van der Waals surface area contributed by atoms with E-state index in [1.807, 2.05) is 32.3 Å². The van der Waals surface area contributed by atoms with E-state index in [0.717, 1.165) is 32.5 Å². The van der Waals surface area contributed by atoms with Gasteiger partial charge in [-0.25, -0.2) is 0 Å². The topological polar surface area (TPSA) is 34.1 Å². The van der Waals surface area contributed by atoms with Gasteiger partial charge in [-0.05, 0) is 31.4 Å². The van der Waals surface area contributed by atoms with Crippen LogP contribution in [0.25, 0.3) is 0 Å². The van der Waals surface area contributed by atoms with E-state index in [1.165, 1.54) is 11.1 Å². The standard InChI is InChI=1S/C23H32N2O2/c1-3-26-23(27-4-2)16-11-17-24-20-25(18-21-12-7-5-8-13-21)19-22-14-9-6-10-15-22/h5-10,12-15,20,23H,3-4,11,16-19H2,1-2H3. The molecule has 146 valence electrons. The van der Waals surface area contributed by atoms with Crippen LogP contribution in [0.4, 0.5) is 0 Å². The molecule has 0 heterocycles. The lowest BCUT2D eigenvalue weighted by Crippen LogP contribution is -2.21. The normalized spacial score (nSPS) is 11.4. The van der Waals surface area contributed by atoms with Gasteiger partial charge in [-0.3, -0.25) is 4.99 Å². The molecule has 0 saturated heterocycles. The van der Waals surface area contributed by atoms with Crippen LogP contribution in [0.3, 0.4) is 0 Å². The zero-order chi connectivity index (χ0) is 19.2. The van der Waals surface area contributed by atoms with Crippen molar-refractivity contribution in [2.45, 2.75) is 46.1 Å². The molecule has 0 aliphatic carbocycles. The van der Waals surface area contributed by atoms with Gasteiger partial charge in [0.05, 0.1) is 6.34 Å². The number of hydrogen-bond acceptors (Lipinski definition) is 3. The Morgan fingerprint density at radius 2 is 1.37 bits per heavy atom. The third kappa shape index (κ3) is 8.85. The highest BCUT2D eigenvalue weighted by Gasteiger charge is 2.07. The van der Waals surface area contributed by atoms with Crippen molar-refractivity contribution in [3.63, 3.8) is 0 Å². The summed E-state index contributed by atoms with van der Waals surface area (Å²) in [5.74, 6) is 0. The van der Waals surface area contributed by atoms with Crippen LogP contribution in [0, 0.1) is 0 Å². The van der Waals surface area contributed by atoms with E-state index in [1.54, 1.807) is 0 Å². The third-order valence-corrected chi connectivity index (χ3v) is 4.13. The zero-order valence-corrected chi connectivity index (χ0v) is 16.6. The van der Waals surface area contributed by atoms with E-state index in [4.69, 9.17) is 9.47 Å². The van der Waals surface area contributed by atoms with E-state index >= 15 is 0 Å². The summed E-state index contributed by atoms with van der Waals surface area (Å²) in [4.78, 5) is 6.90. The fourth-order valence-electron chi connectivity index (χ4n) is 2.88. The number of aliphatic imine (C=N–C) groups is 1. The summed E-state index contributed by atoms with van der Waals surface area (Å²) in [6.45, 7) is 7.81.